The van der Waals surface area contributed by atoms with Crippen LogP contribution in [0.3, 0.4) is 0 Å². The van der Waals surface area contributed by atoms with Gasteiger partial charge in [-0.3, -0.25) is 0 Å². The number of hydrogen-bond acceptors (Lipinski definition) is 4. The van der Waals surface area contributed by atoms with Gasteiger partial charge in [0.05, 0.1) is 0 Å². The Morgan fingerprint density at radius 1 is 1.54 bits per heavy atom. The molecule has 0 spiro atoms. The first kappa shape index (κ1) is 9.49. The Labute approximate surface area is 87.1 Å². The van der Waals surface area contributed by atoms with E-state index in [2.05, 4.69) is 10.3 Å². The van der Waals surface area contributed by atoms with Crippen molar-refractivity contribution in [2.45, 2.75) is 28.9 Å². The van der Waals surface area contributed by atoms with Crippen molar-refractivity contribution in [2.24, 2.45) is 0 Å². The monoisotopic (exact) mass is 214 g/mol. The van der Waals surface area contributed by atoms with Crippen LogP contribution in [0.2, 0.25) is 0 Å². The first-order valence-electron chi connectivity index (χ1n) is 4.72. The van der Waals surface area contributed by atoms with E-state index >= 15 is 0 Å². The summed E-state index contributed by atoms with van der Waals surface area (Å²) in [6.45, 7) is 2.33. The molecule has 4 heteroatoms. The van der Waals surface area contributed by atoms with Gasteiger partial charge in [0.2, 0.25) is 0 Å². The summed E-state index contributed by atoms with van der Waals surface area (Å²) in [5, 5.41) is 6.24. The lowest BCUT2D eigenvalue weighted by molar-refractivity contribution is 0.706. The summed E-state index contributed by atoms with van der Waals surface area (Å²) in [7, 11) is 0. The van der Waals surface area contributed by atoms with Crippen molar-refractivity contribution in [3.8, 4) is 0 Å². The topological polar surface area (TPSA) is 24.9 Å². The van der Waals surface area contributed by atoms with Crippen LogP contribution in [-0.4, -0.2) is 23.3 Å². The average Bonchev–Trinajstić information content (AvgIpc) is 2.49. The van der Waals surface area contributed by atoms with E-state index in [4.69, 9.17) is 0 Å². The highest BCUT2D eigenvalue weighted by Crippen LogP contribution is 2.28. The third-order valence-electron chi connectivity index (χ3n) is 2.18. The molecule has 1 N–H and O–H groups in total. The smallest absolute Gasteiger partial charge is 0.150 e. The van der Waals surface area contributed by atoms with E-state index in [1.165, 1.54) is 30.1 Å². The van der Waals surface area contributed by atoms with Gasteiger partial charge in [0, 0.05) is 23.4 Å². The first-order chi connectivity index (χ1) is 6.45. The van der Waals surface area contributed by atoms with Crippen LogP contribution in [0.15, 0.2) is 15.9 Å². The predicted molar refractivity (Wildman–Crippen MR) is 58.5 cm³/mol. The summed E-state index contributed by atoms with van der Waals surface area (Å²) in [5.41, 5.74) is 0. The first-order valence-corrected chi connectivity index (χ1v) is 6.48. The largest absolute Gasteiger partial charge is 0.316 e. The lowest BCUT2D eigenvalue weighted by Gasteiger charge is -2.10. The molecule has 1 saturated heterocycles. The van der Waals surface area contributed by atoms with Crippen molar-refractivity contribution in [1.82, 2.24) is 10.3 Å². The minimum Gasteiger partial charge on any atom is -0.316 e. The van der Waals surface area contributed by atoms with Crippen LogP contribution in [-0.2, 0) is 0 Å². The number of nitrogens with zero attached hydrogens (tertiary/aromatic N) is 1. The maximum atomic E-state index is 4.29. The van der Waals surface area contributed by atoms with Crippen LogP contribution in [0, 0.1) is 0 Å². The molecule has 1 atom stereocenters. The molecular formula is C9H14N2S2. The second kappa shape index (κ2) is 4.98. The van der Waals surface area contributed by atoms with Crippen LogP contribution in [0.5, 0.6) is 0 Å². The van der Waals surface area contributed by atoms with Crippen molar-refractivity contribution < 1.29 is 0 Å². The second-order valence-corrected chi connectivity index (χ2v) is 5.68. The quantitative estimate of drug-likeness (QED) is 0.818. The van der Waals surface area contributed by atoms with Gasteiger partial charge in [-0.1, -0.05) is 18.2 Å². The number of nitrogens with one attached hydrogen (secondary N) is 1. The average molecular weight is 214 g/mol. The molecule has 13 heavy (non-hydrogen) atoms. The summed E-state index contributed by atoms with van der Waals surface area (Å²) >= 11 is 3.68. The van der Waals surface area contributed by atoms with E-state index in [1.807, 2.05) is 23.3 Å². The fourth-order valence-electron chi connectivity index (χ4n) is 1.50. The van der Waals surface area contributed by atoms with Gasteiger partial charge in [-0.05, 0) is 19.4 Å². The number of aromatic nitrogens is 1. The van der Waals surface area contributed by atoms with E-state index in [9.17, 15) is 0 Å². The summed E-state index contributed by atoms with van der Waals surface area (Å²) in [6.07, 6.45) is 5.90. The molecule has 0 aromatic carbocycles. The second-order valence-electron chi connectivity index (χ2n) is 3.24. The van der Waals surface area contributed by atoms with E-state index in [0.29, 0.717) is 0 Å². The molecule has 72 valence electrons. The summed E-state index contributed by atoms with van der Waals surface area (Å²) in [6, 6.07) is 0. The van der Waals surface area contributed by atoms with Crippen molar-refractivity contribution in [3.63, 3.8) is 0 Å². The highest BCUT2D eigenvalue weighted by atomic mass is 32.2. The van der Waals surface area contributed by atoms with Gasteiger partial charge in [-0.2, -0.15) is 0 Å². The zero-order valence-electron chi connectivity index (χ0n) is 7.53. The van der Waals surface area contributed by atoms with Gasteiger partial charge in [-0.15, -0.1) is 11.3 Å². The summed E-state index contributed by atoms with van der Waals surface area (Å²) in [4.78, 5) is 4.29. The van der Waals surface area contributed by atoms with Crippen LogP contribution in [0.4, 0.5) is 0 Å². The van der Waals surface area contributed by atoms with Gasteiger partial charge in [0.15, 0.2) is 0 Å². The predicted octanol–water partition coefficient (Wildman–Crippen LogP) is 2.38. The Bertz CT molecular complexity index is 228. The third-order valence-corrected chi connectivity index (χ3v) is 4.36. The maximum Gasteiger partial charge on any atom is 0.150 e. The zero-order chi connectivity index (χ0) is 8.93. The Balaban J connectivity index is 1.86. The molecule has 2 nitrogen and oxygen atoms in total. The van der Waals surface area contributed by atoms with Crippen molar-refractivity contribution in [3.05, 3.63) is 11.6 Å². The molecule has 2 rings (SSSR count). The minimum absolute atomic E-state index is 0.730. The van der Waals surface area contributed by atoms with Crippen LogP contribution in [0.1, 0.15) is 19.3 Å². The van der Waals surface area contributed by atoms with E-state index < -0.39 is 0 Å². The maximum absolute atomic E-state index is 4.29. The van der Waals surface area contributed by atoms with Gasteiger partial charge < -0.3 is 5.32 Å². The fraction of sp³-hybridized carbons (Fsp3) is 0.667. The number of thiazole rings is 1. The van der Waals surface area contributed by atoms with Crippen LogP contribution >= 0.6 is 23.1 Å². The van der Waals surface area contributed by atoms with Gasteiger partial charge in [0.25, 0.3) is 0 Å². The summed E-state index contributed by atoms with van der Waals surface area (Å²) < 4.78 is 1.22. The summed E-state index contributed by atoms with van der Waals surface area (Å²) in [5.74, 6) is 0. The van der Waals surface area contributed by atoms with Gasteiger partial charge in [-0.25, -0.2) is 4.98 Å². The number of rotatable bonds is 2. The SMILES string of the molecule is c1csc(SC2CCCCNC2)n1. The highest BCUT2D eigenvalue weighted by molar-refractivity contribution is 8.01. The van der Waals surface area contributed by atoms with Crippen LogP contribution in [0.25, 0.3) is 0 Å². The van der Waals surface area contributed by atoms with E-state index in [0.717, 1.165) is 11.8 Å². The molecule has 0 aliphatic carbocycles. The van der Waals surface area contributed by atoms with Crippen molar-refractivity contribution >= 4 is 23.1 Å². The Hall–Kier alpha value is -0.0600. The molecule has 0 saturated carbocycles. The molecule has 0 radical (unpaired) electrons. The Morgan fingerprint density at radius 2 is 2.54 bits per heavy atom. The molecule has 0 amide bonds. The molecule has 1 aromatic heterocycles. The lowest BCUT2D eigenvalue weighted by atomic mass is 10.2. The van der Waals surface area contributed by atoms with E-state index in [1.54, 1.807) is 11.3 Å². The lowest BCUT2D eigenvalue weighted by Crippen LogP contribution is -2.22. The molecule has 1 unspecified atom stereocenters. The van der Waals surface area contributed by atoms with Gasteiger partial charge in [0.1, 0.15) is 4.34 Å². The Kier molecular flexibility index (Phi) is 3.64. The zero-order valence-corrected chi connectivity index (χ0v) is 9.16. The molecule has 2 heterocycles. The molecule has 0 bridgehead atoms. The molecule has 1 aliphatic heterocycles. The molecular weight excluding hydrogens is 200 g/mol. The Morgan fingerprint density at radius 3 is 3.38 bits per heavy atom. The molecule has 1 aromatic rings. The van der Waals surface area contributed by atoms with E-state index in [-0.39, 0.29) is 0 Å². The van der Waals surface area contributed by atoms with Crippen molar-refractivity contribution in [1.29, 1.82) is 0 Å². The highest BCUT2D eigenvalue weighted by Gasteiger charge is 2.13. The van der Waals surface area contributed by atoms with Crippen LogP contribution < -0.4 is 5.32 Å². The normalized spacial score (nSPS) is 24.2. The fourth-order valence-corrected chi connectivity index (χ4v) is 3.55. The van der Waals surface area contributed by atoms with Crippen molar-refractivity contribution in [2.75, 3.05) is 13.1 Å². The third kappa shape index (κ3) is 2.97. The van der Waals surface area contributed by atoms with Gasteiger partial charge >= 0.3 is 0 Å². The molecule has 1 fully saturated rings. The standard InChI is InChI=1S/C9H14N2S2/c1-2-4-10-7-8(3-1)13-9-11-5-6-12-9/h5-6,8,10H,1-4,7H2. The minimum atomic E-state index is 0.730. The number of thioether (sulfide) groups is 1. The number of hydrogen-bond donors (Lipinski definition) is 1. The molecule has 1 aliphatic rings.